The lowest BCUT2D eigenvalue weighted by Crippen LogP contribution is -2.39. The maximum absolute atomic E-state index is 12.4. The summed E-state index contributed by atoms with van der Waals surface area (Å²) >= 11 is 0. The van der Waals surface area contributed by atoms with E-state index in [2.05, 4.69) is 5.10 Å². The van der Waals surface area contributed by atoms with Crippen LogP contribution in [0.2, 0.25) is 0 Å². The average Bonchev–Trinajstić information content (AvgIpc) is 2.92. The normalized spacial score (nSPS) is 17.5. The minimum Gasteiger partial charge on any atom is -0.464 e. The molecule has 10 heteroatoms. The quantitative estimate of drug-likeness (QED) is 0.742. The zero-order chi connectivity index (χ0) is 18.3. The summed E-state index contributed by atoms with van der Waals surface area (Å²) in [7, 11) is -3.66. The summed E-state index contributed by atoms with van der Waals surface area (Å²) in [5.74, 6) is -0.657. The van der Waals surface area contributed by atoms with Gasteiger partial charge in [-0.15, -0.1) is 0 Å². The van der Waals surface area contributed by atoms with Crippen LogP contribution in [-0.4, -0.2) is 53.0 Å². The summed E-state index contributed by atoms with van der Waals surface area (Å²) in [6, 6.07) is -1.08. The predicted molar refractivity (Wildman–Crippen MR) is 83.6 cm³/mol. The van der Waals surface area contributed by atoms with Gasteiger partial charge in [0.1, 0.15) is 5.60 Å². The van der Waals surface area contributed by atoms with E-state index in [1.165, 1.54) is 6.20 Å². The van der Waals surface area contributed by atoms with Crippen LogP contribution in [0.5, 0.6) is 0 Å². The molecule has 24 heavy (non-hydrogen) atoms. The van der Waals surface area contributed by atoms with Crippen LogP contribution < -0.4 is 0 Å². The van der Waals surface area contributed by atoms with Crippen molar-refractivity contribution in [3.63, 3.8) is 0 Å². The van der Waals surface area contributed by atoms with Crippen molar-refractivity contribution < 1.29 is 27.5 Å². The van der Waals surface area contributed by atoms with E-state index in [9.17, 15) is 18.0 Å². The minimum atomic E-state index is -3.66. The molecule has 0 spiro atoms. The first-order valence-electron chi connectivity index (χ1n) is 7.39. The van der Waals surface area contributed by atoms with Gasteiger partial charge in [0, 0.05) is 5.56 Å². The van der Waals surface area contributed by atoms with E-state index in [1.807, 2.05) is 0 Å². The van der Waals surface area contributed by atoms with E-state index in [-0.39, 0.29) is 18.8 Å². The molecule has 1 amide bonds. The molecule has 1 aliphatic heterocycles. The van der Waals surface area contributed by atoms with E-state index in [1.54, 1.807) is 27.7 Å². The Kier molecular flexibility index (Phi) is 4.62. The van der Waals surface area contributed by atoms with Crippen molar-refractivity contribution in [3.8, 4) is 0 Å². The largest absolute Gasteiger partial charge is 0.464 e. The van der Waals surface area contributed by atoms with Crippen LogP contribution in [0.4, 0.5) is 4.79 Å². The lowest BCUT2D eigenvalue weighted by molar-refractivity contribution is -0.149. The fourth-order valence-electron chi connectivity index (χ4n) is 2.42. The van der Waals surface area contributed by atoms with Gasteiger partial charge in [-0.3, -0.25) is 4.90 Å². The van der Waals surface area contributed by atoms with Crippen LogP contribution in [0, 0.1) is 0 Å². The number of hydrogen-bond acceptors (Lipinski definition) is 7. The molecule has 1 aliphatic rings. The van der Waals surface area contributed by atoms with Gasteiger partial charge in [-0.1, -0.05) is 0 Å². The Hall–Kier alpha value is -2.10. The molecule has 2 rings (SSSR count). The SMILES string of the molecule is CCOC(=O)[C@@H]1c2cnn(S(C)(=O)=O)c2CN1C(=O)OC(C)(C)C. The Morgan fingerprint density at radius 3 is 2.50 bits per heavy atom. The number of esters is 1. The van der Waals surface area contributed by atoms with Crippen molar-refractivity contribution in [2.24, 2.45) is 0 Å². The molecule has 1 atom stereocenters. The molecule has 2 heterocycles. The standard InChI is InChI=1S/C14H21N3O6S/c1-6-22-12(18)11-9-7-15-17(24(5,20)21)10(9)8-16(11)13(19)23-14(2,3)4/h7,11H,6,8H2,1-5H3/t11-/m0/s1. The van der Waals surface area contributed by atoms with Gasteiger partial charge in [-0.05, 0) is 27.7 Å². The van der Waals surface area contributed by atoms with Crippen LogP contribution in [-0.2, 0) is 30.8 Å². The highest BCUT2D eigenvalue weighted by Gasteiger charge is 2.44. The van der Waals surface area contributed by atoms with Crippen LogP contribution in [0.25, 0.3) is 0 Å². The molecule has 0 aliphatic carbocycles. The molecular weight excluding hydrogens is 338 g/mol. The highest BCUT2D eigenvalue weighted by molar-refractivity contribution is 7.89. The first-order valence-corrected chi connectivity index (χ1v) is 9.24. The second-order valence-corrected chi connectivity index (χ2v) is 8.23. The molecule has 0 radical (unpaired) electrons. The van der Waals surface area contributed by atoms with Gasteiger partial charge in [0.25, 0.3) is 10.0 Å². The first-order chi connectivity index (χ1) is 11.0. The molecule has 0 aromatic carbocycles. The predicted octanol–water partition coefficient (Wildman–Crippen LogP) is 1.05. The number of rotatable bonds is 3. The Labute approximate surface area is 140 Å². The molecule has 1 aromatic heterocycles. The van der Waals surface area contributed by atoms with Gasteiger partial charge in [-0.25, -0.2) is 18.0 Å². The molecule has 0 fully saturated rings. The fourth-order valence-corrected chi connectivity index (χ4v) is 3.20. The molecule has 1 aromatic rings. The van der Waals surface area contributed by atoms with E-state index in [0.717, 1.165) is 15.2 Å². The highest BCUT2D eigenvalue weighted by atomic mass is 32.2. The van der Waals surface area contributed by atoms with Crippen molar-refractivity contribution >= 4 is 22.1 Å². The van der Waals surface area contributed by atoms with Gasteiger partial charge < -0.3 is 9.47 Å². The number of ether oxygens (including phenoxy) is 2. The number of aromatic nitrogens is 2. The smallest absolute Gasteiger partial charge is 0.411 e. The maximum atomic E-state index is 12.4. The zero-order valence-electron chi connectivity index (χ0n) is 14.3. The van der Waals surface area contributed by atoms with Crippen molar-refractivity contribution in [2.45, 2.75) is 45.9 Å². The van der Waals surface area contributed by atoms with Crippen LogP contribution >= 0.6 is 0 Å². The topological polar surface area (TPSA) is 108 Å². The van der Waals surface area contributed by atoms with Gasteiger partial charge >= 0.3 is 12.1 Å². The summed E-state index contributed by atoms with van der Waals surface area (Å²) in [5, 5.41) is 3.81. The van der Waals surface area contributed by atoms with Crippen molar-refractivity contribution in [2.75, 3.05) is 12.9 Å². The summed E-state index contributed by atoms with van der Waals surface area (Å²) in [6.45, 7) is 6.77. The zero-order valence-corrected chi connectivity index (χ0v) is 15.1. The van der Waals surface area contributed by atoms with Crippen LogP contribution in [0.1, 0.15) is 45.0 Å². The second-order valence-electron chi connectivity index (χ2n) is 6.42. The average molecular weight is 359 g/mol. The Bertz CT molecular complexity index is 762. The third-order valence-electron chi connectivity index (χ3n) is 3.24. The third kappa shape index (κ3) is 3.53. The molecule has 0 bridgehead atoms. The number of fused-ring (bicyclic) bond motifs is 1. The van der Waals surface area contributed by atoms with Crippen LogP contribution in [0.15, 0.2) is 6.20 Å². The lowest BCUT2D eigenvalue weighted by Gasteiger charge is -2.27. The molecule has 0 unspecified atom stereocenters. The summed E-state index contributed by atoms with van der Waals surface area (Å²) in [4.78, 5) is 25.9. The van der Waals surface area contributed by atoms with E-state index < -0.39 is 33.7 Å². The van der Waals surface area contributed by atoms with Crippen molar-refractivity contribution in [1.82, 2.24) is 14.1 Å². The molecule has 0 saturated heterocycles. The van der Waals surface area contributed by atoms with Gasteiger partial charge in [0.15, 0.2) is 6.04 Å². The lowest BCUT2D eigenvalue weighted by atomic mass is 10.1. The summed E-state index contributed by atoms with van der Waals surface area (Å²) in [5.41, 5.74) is -0.181. The number of carbonyl (C=O) groups excluding carboxylic acids is 2. The fraction of sp³-hybridized carbons (Fsp3) is 0.643. The monoisotopic (exact) mass is 359 g/mol. The Balaban J connectivity index is 2.44. The highest BCUT2D eigenvalue weighted by Crippen LogP contribution is 2.36. The molecule has 134 valence electrons. The first kappa shape index (κ1) is 18.2. The summed E-state index contributed by atoms with van der Waals surface area (Å²) < 4.78 is 34.8. The van der Waals surface area contributed by atoms with Crippen LogP contribution in [0.3, 0.4) is 0 Å². The van der Waals surface area contributed by atoms with E-state index >= 15 is 0 Å². The Morgan fingerprint density at radius 2 is 2.00 bits per heavy atom. The summed E-state index contributed by atoms with van der Waals surface area (Å²) in [6.07, 6.45) is 1.54. The second kappa shape index (κ2) is 6.08. The van der Waals surface area contributed by atoms with Gasteiger partial charge in [-0.2, -0.15) is 9.19 Å². The van der Waals surface area contributed by atoms with Crippen molar-refractivity contribution in [1.29, 1.82) is 0 Å². The molecular formula is C14H21N3O6S. The van der Waals surface area contributed by atoms with Crippen molar-refractivity contribution in [3.05, 3.63) is 17.5 Å². The number of amides is 1. The molecule has 0 saturated carbocycles. The third-order valence-corrected chi connectivity index (χ3v) is 4.19. The molecule has 0 N–H and O–H groups in total. The Morgan fingerprint density at radius 1 is 1.38 bits per heavy atom. The maximum Gasteiger partial charge on any atom is 0.411 e. The van der Waals surface area contributed by atoms with Gasteiger partial charge in [0.2, 0.25) is 0 Å². The number of hydrogen-bond donors (Lipinski definition) is 0. The van der Waals surface area contributed by atoms with E-state index in [4.69, 9.17) is 9.47 Å². The molecule has 9 nitrogen and oxygen atoms in total. The van der Waals surface area contributed by atoms with E-state index in [0.29, 0.717) is 5.56 Å². The number of nitrogens with zero attached hydrogens (tertiary/aromatic N) is 3. The minimum absolute atomic E-state index is 0.110. The number of carbonyl (C=O) groups is 2. The van der Waals surface area contributed by atoms with Gasteiger partial charge in [0.05, 0.1) is 31.3 Å².